The normalized spacial score (nSPS) is 15.3. The van der Waals surface area contributed by atoms with Crippen LogP contribution >= 0.6 is 0 Å². The van der Waals surface area contributed by atoms with Gasteiger partial charge in [-0.2, -0.15) is 0 Å². The van der Waals surface area contributed by atoms with Crippen molar-refractivity contribution < 1.29 is 4.42 Å². The third-order valence-corrected chi connectivity index (χ3v) is 10.3. The molecule has 0 aliphatic heterocycles. The summed E-state index contributed by atoms with van der Waals surface area (Å²) in [7, 11) is 0. The Morgan fingerprint density at radius 2 is 0.721 bits per heavy atom. The van der Waals surface area contributed by atoms with Crippen LogP contribution in [0.3, 0.4) is 0 Å². The lowest BCUT2D eigenvalue weighted by molar-refractivity contribution is 0.581. The zero-order chi connectivity index (χ0) is 28.2. The Morgan fingerprint density at radius 1 is 0.326 bits per heavy atom. The Morgan fingerprint density at radius 3 is 1.16 bits per heavy atom. The van der Waals surface area contributed by atoms with Crippen LogP contribution in [0.25, 0.3) is 33.6 Å². The second-order valence-corrected chi connectivity index (χ2v) is 12.0. The van der Waals surface area contributed by atoms with Crippen LogP contribution in [-0.2, 0) is 10.8 Å². The van der Waals surface area contributed by atoms with Crippen molar-refractivity contribution in [3.8, 4) is 33.6 Å². The van der Waals surface area contributed by atoms with Crippen LogP contribution in [0.1, 0.15) is 44.5 Å². The molecule has 1 heteroatoms. The summed E-state index contributed by atoms with van der Waals surface area (Å²) in [5.74, 6) is 0.887. The van der Waals surface area contributed by atoms with Crippen molar-refractivity contribution in [2.75, 3.05) is 0 Å². The first kappa shape index (κ1) is 23.2. The fraction of sp³-hybridized carbons (Fsp3) is 0.0476. The third kappa shape index (κ3) is 2.61. The van der Waals surface area contributed by atoms with Crippen LogP contribution in [0.5, 0.6) is 0 Å². The smallest absolute Gasteiger partial charge is 0.133 e. The number of rotatable bonds is 1. The van der Waals surface area contributed by atoms with E-state index in [-0.39, 0.29) is 0 Å². The van der Waals surface area contributed by atoms with Crippen molar-refractivity contribution in [2.45, 2.75) is 10.8 Å². The maximum absolute atomic E-state index is 6.00. The second-order valence-electron chi connectivity index (χ2n) is 12.0. The molecule has 0 saturated heterocycles. The van der Waals surface area contributed by atoms with Gasteiger partial charge in [-0.1, -0.05) is 133 Å². The van der Waals surface area contributed by atoms with Crippen LogP contribution in [0.15, 0.2) is 162 Å². The average molecular weight is 547 g/mol. The van der Waals surface area contributed by atoms with E-state index in [0.717, 1.165) is 11.3 Å². The summed E-state index contributed by atoms with van der Waals surface area (Å²) in [4.78, 5) is 0. The highest BCUT2D eigenvalue weighted by atomic mass is 16.3. The fourth-order valence-electron chi connectivity index (χ4n) is 8.84. The Balaban J connectivity index is 1.45. The van der Waals surface area contributed by atoms with E-state index in [1.54, 1.807) is 6.26 Å². The molecular formula is C42H26O. The molecule has 0 fully saturated rings. The van der Waals surface area contributed by atoms with E-state index in [9.17, 15) is 0 Å². The minimum atomic E-state index is -0.473. The average Bonchev–Trinajstić information content (AvgIpc) is 3.79. The lowest BCUT2D eigenvalue weighted by atomic mass is 9.52. The Labute approximate surface area is 250 Å². The first-order valence-electron chi connectivity index (χ1n) is 15.0. The van der Waals surface area contributed by atoms with Gasteiger partial charge in [0.05, 0.1) is 17.1 Å². The van der Waals surface area contributed by atoms with Crippen LogP contribution in [0.2, 0.25) is 0 Å². The van der Waals surface area contributed by atoms with Crippen molar-refractivity contribution in [1.82, 2.24) is 0 Å². The van der Waals surface area contributed by atoms with Crippen molar-refractivity contribution in [3.05, 3.63) is 202 Å². The molecule has 0 amide bonds. The monoisotopic (exact) mass is 546 g/mol. The SMILES string of the molecule is c1coc(-c2ccc3c(c2)C2(c4ccccc4-c4ccccc42)c2ccccc2C32c3ccccc3-c3ccccc32)c1. The highest BCUT2D eigenvalue weighted by Gasteiger charge is 2.58. The van der Waals surface area contributed by atoms with Crippen LogP contribution in [-0.4, -0.2) is 0 Å². The highest BCUT2D eigenvalue weighted by Crippen LogP contribution is 2.67. The molecule has 6 aromatic carbocycles. The molecule has 1 heterocycles. The van der Waals surface area contributed by atoms with Crippen LogP contribution in [0.4, 0.5) is 0 Å². The van der Waals surface area contributed by atoms with Gasteiger partial charge < -0.3 is 4.42 Å². The van der Waals surface area contributed by atoms with Gasteiger partial charge in [0.25, 0.3) is 0 Å². The molecule has 0 unspecified atom stereocenters. The topological polar surface area (TPSA) is 13.1 Å². The summed E-state index contributed by atoms with van der Waals surface area (Å²) in [6.45, 7) is 0. The summed E-state index contributed by atoms with van der Waals surface area (Å²) in [6.07, 6.45) is 1.77. The van der Waals surface area contributed by atoms with E-state index in [1.165, 1.54) is 66.8 Å². The zero-order valence-electron chi connectivity index (χ0n) is 23.4. The van der Waals surface area contributed by atoms with E-state index >= 15 is 0 Å². The molecule has 200 valence electrons. The van der Waals surface area contributed by atoms with E-state index < -0.39 is 10.8 Å². The molecule has 0 radical (unpaired) electrons. The molecule has 7 aromatic rings. The number of furan rings is 1. The zero-order valence-corrected chi connectivity index (χ0v) is 23.4. The van der Waals surface area contributed by atoms with Crippen molar-refractivity contribution >= 4 is 0 Å². The number of benzene rings is 6. The molecule has 43 heavy (non-hydrogen) atoms. The summed E-state index contributed by atoms with van der Waals surface area (Å²) in [5.41, 5.74) is 16.2. The van der Waals surface area contributed by atoms with Gasteiger partial charge in [0, 0.05) is 5.56 Å². The van der Waals surface area contributed by atoms with Gasteiger partial charge in [-0.05, 0) is 85.0 Å². The minimum absolute atomic E-state index is 0.446. The maximum Gasteiger partial charge on any atom is 0.133 e. The largest absolute Gasteiger partial charge is 0.464 e. The molecule has 0 saturated carbocycles. The molecule has 0 atom stereocenters. The van der Waals surface area contributed by atoms with Gasteiger partial charge >= 0.3 is 0 Å². The quantitative estimate of drug-likeness (QED) is 0.200. The lowest BCUT2D eigenvalue weighted by Crippen LogP contribution is -2.43. The first-order chi connectivity index (χ1) is 21.3. The van der Waals surface area contributed by atoms with Gasteiger partial charge in [-0.25, -0.2) is 0 Å². The predicted molar refractivity (Wildman–Crippen MR) is 172 cm³/mol. The molecule has 1 nitrogen and oxygen atoms in total. The first-order valence-corrected chi connectivity index (χ1v) is 15.0. The molecule has 3 aliphatic carbocycles. The van der Waals surface area contributed by atoms with E-state index in [0.29, 0.717) is 0 Å². The van der Waals surface area contributed by atoms with Gasteiger partial charge in [0.15, 0.2) is 0 Å². The Bertz CT molecular complexity index is 2160. The molecule has 3 aliphatic rings. The summed E-state index contributed by atoms with van der Waals surface area (Å²) >= 11 is 0. The van der Waals surface area contributed by atoms with E-state index in [1.807, 2.05) is 6.07 Å². The number of hydrogen-bond donors (Lipinski definition) is 0. The lowest BCUT2D eigenvalue weighted by Gasteiger charge is -2.49. The molecule has 10 rings (SSSR count). The van der Waals surface area contributed by atoms with E-state index in [4.69, 9.17) is 4.42 Å². The van der Waals surface area contributed by atoms with Crippen molar-refractivity contribution in [1.29, 1.82) is 0 Å². The molecule has 0 bridgehead atoms. The summed E-state index contributed by atoms with van der Waals surface area (Å²) in [6, 6.07) is 56.5. The highest BCUT2D eigenvalue weighted by molar-refractivity contribution is 5.94. The number of fused-ring (bicyclic) bond motifs is 16. The molecule has 1 aromatic heterocycles. The minimum Gasteiger partial charge on any atom is -0.464 e. The van der Waals surface area contributed by atoms with Gasteiger partial charge in [-0.15, -0.1) is 0 Å². The molecule has 0 N–H and O–H groups in total. The van der Waals surface area contributed by atoms with Gasteiger partial charge in [-0.3, -0.25) is 0 Å². The predicted octanol–water partition coefficient (Wildman–Crippen LogP) is 9.99. The Hall–Kier alpha value is -5.40. The molecule has 2 spiro atoms. The summed E-state index contributed by atoms with van der Waals surface area (Å²) in [5, 5.41) is 0. The standard InChI is InChI=1S/C42H26O/c1-5-16-32-28(12-1)29-13-2-6-17-33(29)41(32)36-20-9-10-21-37(36)42(39-26-27(23-24-38(39)41)40-22-11-25-43-40)34-18-7-3-14-30(34)31-15-4-8-19-35(31)42/h1-26H. The van der Waals surface area contributed by atoms with Crippen LogP contribution < -0.4 is 0 Å². The van der Waals surface area contributed by atoms with Crippen molar-refractivity contribution in [2.24, 2.45) is 0 Å². The third-order valence-electron chi connectivity index (χ3n) is 10.3. The van der Waals surface area contributed by atoms with Gasteiger partial charge in [0.2, 0.25) is 0 Å². The fourth-order valence-corrected chi connectivity index (χ4v) is 8.84. The van der Waals surface area contributed by atoms with Crippen LogP contribution in [0, 0.1) is 0 Å². The van der Waals surface area contributed by atoms with Crippen molar-refractivity contribution in [3.63, 3.8) is 0 Å². The number of hydrogen-bond acceptors (Lipinski definition) is 1. The van der Waals surface area contributed by atoms with E-state index in [2.05, 4.69) is 146 Å². The summed E-state index contributed by atoms with van der Waals surface area (Å²) < 4.78 is 6.00. The second kappa shape index (κ2) is 8.12. The Kier molecular flexibility index (Phi) is 4.38. The maximum atomic E-state index is 6.00. The van der Waals surface area contributed by atoms with Gasteiger partial charge in [0.1, 0.15) is 5.76 Å². The molecular weight excluding hydrogens is 520 g/mol.